The summed E-state index contributed by atoms with van der Waals surface area (Å²) < 4.78 is 26.5. The number of benzene rings is 1. The van der Waals surface area contributed by atoms with E-state index in [0.717, 1.165) is 30.8 Å². The van der Waals surface area contributed by atoms with Crippen LogP contribution in [0.2, 0.25) is 0 Å². The minimum absolute atomic E-state index is 0.404. The van der Waals surface area contributed by atoms with E-state index < -0.39 is 22.1 Å². The summed E-state index contributed by atoms with van der Waals surface area (Å²) in [6.45, 7) is 9.14. The molecular formula is C19H30N2O4S2. The average molecular weight is 415 g/mol. The molecule has 1 saturated heterocycles. The highest BCUT2D eigenvalue weighted by Crippen LogP contribution is 2.25. The molecule has 1 heterocycles. The van der Waals surface area contributed by atoms with Crippen molar-refractivity contribution in [1.82, 2.24) is 4.90 Å². The van der Waals surface area contributed by atoms with Crippen molar-refractivity contribution < 1.29 is 18.3 Å². The van der Waals surface area contributed by atoms with Gasteiger partial charge in [-0.1, -0.05) is 30.6 Å². The lowest BCUT2D eigenvalue weighted by Crippen LogP contribution is -2.54. The molecule has 0 bridgehead atoms. The molecule has 1 aliphatic rings. The zero-order valence-corrected chi connectivity index (χ0v) is 18.1. The molecular weight excluding hydrogens is 384 g/mol. The third kappa shape index (κ3) is 6.02. The first-order valence-corrected chi connectivity index (χ1v) is 11.6. The zero-order valence-electron chi connectivity index (χ0n) is 16.5. The van der Waals surface area contributed by atoms with Crippen LogP contribution in [0.3, 0.4) is 0 Å². The van der Waals surface area contributed by atoms with Crippen LogP contribution in [0, 0.1) is 0 Å². The highest BCUT2D eigenvalue weighted by Gasteiger charge is 2.35. The number of thioether (sulfide) groups is 1. The molecule has 0 aromatic heterocycles. The molecule has 152 valence electrons. The fraction of sp³-hybridized carbons (Fsp3) is 0.632. The van der Waals surface area contributed by atoms with Crippen molar-refractivity contribution in [3.63, 3.8) is 0 Å². The fourth-order valence-corrected chi connectivity index (χ4v) is 4.04. The largest absolute Gasteiger partial charge is 0.379 e. The van der Waals surface area contributed by atoms with E-state index in [9.17, 15) is 8.76 Å². The first kappa shape index (κ1) is 22.4. The Balaban J connectivity index is 2.36. The monoisotopic (exact) mass is 414 g/mol. The highest BCUT2D eigenvalue weighted by molar-refractivity contribution is 7.98. The van der Waals surface area contributed by atoms with Crippen molar-refractivity contribution in [3.8, 4) is 0 Å². The third-order valence-corrected chi connectivity index (χ3v) is 6.27. The summed E-state index contributed by atoms with van der Waals surface area (Å²) in [7, 11) is 0. The summed E-state index contributed by atoms with van der Waals surface area (Å²) >= 11 is -0.397. The quantitative estimate of drug-likeness (QED) is 0.288. The van der Waals surface area contributed by atoms with Crippen LogP contribution in [0.4, 0.5) is 0 Å². The van der Waals surface area contributed by atoms with Gasteiger partial charge in [-0.25, -0.2) is 4.21 Å². The average Bonchev–Trinajstić information content (AvgIpc) is 2.68. The molecule has 0 radical (unpaired) electrons. The summed E-state index contributed by atoms with van der Waals surface area (Å²) in [5.74, 6) is 0. The number of hydrogen-bond donors (Lipinski definition) is 1. The van der Waals surface area contributed by atoms with Gasteiger partial charge in [0.15, 0.2) is 11.1 Å². The molecule has 0 amide bonds. The van der Waals surface area contributed by atoms with Gasteiger partial charge in [0.1, 0.15) is 5.71 Å². The van der Waals surface area contributed by atoms with E-state index in [0.29, 0.717) is 19.6 Å². The Bertz CT molecular complexity index is 644. The summed E-state index contributed by atoms with van der Waals surface area (Å²) in [6.07, 6.45) is 3.26. The van der Waals surface area contributed by atoms with E-state index in [-0.39, 0.29) is 0 Å². The second-order valence-electron chi connectivity index (χ2n) is 6.93. The molecule has 0 aliphatic carbocycles. The smallest absolute Gasteiger partial charge is 0.226 e. The Morgan fingerprint density at radius 2 is 2.00 bits per heavy atom. The maximum atomic E-state index is 11.6. The Morgan fingerprint density at radius 1 is 1.37 bits per heavy atom. The van der Waals surface area contributed by atoms with E-state index in [4.69, 9.17) is 9.57 Å². The van der Waals surface area contributed by atoms with Gasteiger partial charge >= 0.3 is 0 Å². The van der Waals surface area contributed by atoms with Gasteiger partial charge in [0, 0.05) is 30.0 Å². The van der Waals surface area contributed by atoms with Gasteiger partial charge in [-0.3, -0.25) is 4.90 Å². The lowest BCUT2D eigenvalue weighted by molar-refractivity contribution is 0.00835. The minimum Gasteiger partial charge on any atom is -0.379 e. The lowest BCUT2D eigenvalue weighted by atomic mass is 9.90. The molecule has 1 aromatic carbocycles. The normalized spacial score (nSPS) is 18.9. The Morgan fingerprint density at radius 3 is 2.52 bits per heavy atom. The second kappa shape index (κ2) is 10.6. The van der Waals surface area contributed by atoms with Crippen LogP contribution < -0.4 is 0 Å². The molecule has 1 aromatic rings. The molecule has 0 spiro atoms. The summed E-state index contributed by atoms with van der Waals surface area (Å²) in [6, 6.07) is 8.17. The predicted molar refractivity (Wildman–Crippen MR) is 112 cm³/mol. The second-order valence-corrected chi connectivity index (χ2v) is 8.88. The first-order valence-electron chi connectivity index (χ1n) is 9.21. The van der Waals surface area contributed by atoms with Crippen LogP contribution in [-0.4, -0.2) is 62.9 Å². The molecule has 2 unspecified atom stereocenters. The Hall–Kier alpha value is -0.930. The SMILES string of the molecule is CCCC(ON=C(c1ccc(SC)cc1)C(C)(C)N1CCOCC1)S(=O)O. The molecule has 1 aliphatic heterocycles. The molecule has 1 fully saturated rings. The van der Waals surface area contributed by atoms with E-state index in [1.54, 1.807) is 11.8 Å². The van der Waals surface area contributed by atoms with E-state index in [1.807, 2.05) is 25.3 Å². The van der Waals surface area contributed by atoms with Gasteiger partial charge in [-0.05, 0) is 32.2 Å². The molecule has 2 rings (SSSR count). The molecule has 27 heavy (non-hydrogen) atoms. The van der Waals surface area contributed by atoms with Gasteiger partial charge in [0.2, 0.25) is 5.44 Å². The van der Waals surface area contributed by atoms with E-state index in [2.05, 4.69) is 36.0 Å². The first-order chi connectivity index (χ1) is 12.9. The Kier molecular flexibility index (Phi) is 8.75. The van der Waals surface area contributed by atoms with Crippen LogP contribution in [0.1, 0.15) is 39.2 Å². The molecule has 2 atom stereocenters. The van der Waals surface area contributed by atoms with Crippen LogP contribution in [0.25, 0.3) is 0 Å². The number of nitrogens with zero attached hydrogens (tertiary/aromatic N) is 2. The topological polar surface area (TPSA) is 71.4 Å². The van der Waals surface area contributed by atoms with E-state index >= 15 is 0 Å². The summed E-state index contributed by atoms with van der Waals surface area (Å²) in [4.78, 5) is 9.05. The minimum atomic E-state index is -2.08. The van der Waals surface area contributed by atoms with Crippen molar-refractivity contribution in [1.29, 1.82) is 0 Å². The third-order valence-electron chi connectivity index (χ3n) is 4.76. The molecule has 1 N–H and O–H groups in total. The van der Waals surface area contributed by atoms with Crippen molar-refractivity contribution in [3.05, 3.63) is 29.8 Å². The zero-order chi connectivity index (χ0) is 19.9. The molecule has 0 saturated carbocycles. The molecule has 8 heteroatoms. The van der Waals surface area contributed by atoms with Gasteiger partial charge in [-0.2, -0.15) is 0 Å². The maximum Gasteiger partial charge on any atom is 0.226 e. The fourth-order valence-electron chi connectivity index (χ4n) is 3.08. The number of hydrogen-bond acceptors (Lipinski definition) is 6. The summed E-state index contributed by atoms with van der Waals surface area (Å²) in [5.41, 5.74) is 0.473. The Labute approximate surface area is 169 Å². The van der Waals surface area contributed by atoms with Crippen LogP contribution >= 0.6 is 11.8 Å². The number of oxime groups is 1. The van der Waals surface area contributed by atoms with Gasteiger partial charge < -0.3 is 14.1 Å². The van der Waals surface area contributed by atoms with Crippen LogP contribution in [0.5, 0.6) is 0 Å². The number of morpholine rings is 1. The highest BCUT2D eigenvalue weighted by atomic mass is 32.2. The maximum absolute atomic E-state index is 11.6. The summed E-state index contributed by atoms with van der Waals surface area (Å²) in [5, 5.41) is 4.41. The van der Waals surface area contributed by atoms with Crippen molar-refractivity contribution in [2.45, 2.75) is 49.5 Å². The van der Waals surface area contributed by atoms with Crippen LogP contribution in [-0.2, 0) is 20.7 Å². The standard InChI is InChI=1S/C19H30N2O4S2/c1-5-6-17(27(22)23)25-20-18(15-7-9-16(26-4)10-8-15)19(2,3)21-11-13-24-14-12-21/h7-10,17H,5-6,11-14H2,1-4H3,(H,22,23). The lowest BCUT2D eigenvalue weighted by Gasteiger charge is -2.41. The predicted octanol–water partition coefficient (Wildman–Crippen LogP) is 3.59. The van der Waals surface area contributed by atoms with Crippen molar-refractivity contribution in [2.24, 2.45) is 5.16 Å². The van der Waals surface area contributed by atoms with Crippen molar-refractivity contribution in [2.75, 3.05) is 32.6 Å². The van der Waals surface area contributed by atoms with Gasteiger partial charge in [0.25, 0.3) is 0 Å². The van der Waals surface area contributed by atoms with Gasteiger partial charge in [-0.15, -0.1) is 11.8 Å². The molecule has 6 nitrogen and oxygen atoms in total. The van der Waals surface area contributed by atoms with Crippen LogP contribution in [0.15, 0.2) is 34.3 Å². The number of rotatable bonds is 9. The van der Waals surface area contributed by atoms with Gasteiger partial charge in [0.05, 0.1) is 18.8 Å². The van der Waals surface area contributed by atoms with E-state index in [1.165, 1.54) is 4.90 Å². The number of ether oxygens (including phenoxy) is 1. The van der Waals surface area contributed by atoms with Crippen molar-refractivity contribution >= 4 is 28.6 Å².